The molecule has 3 aliphatic rings. The second-order valence-electron chi connectivity index (χ2n) is 28.9. The summed E-state index contributed by atoms with van der Waals surface area (Å²) >= 11 is 9.36. The fraction of sp³-hybridized carbons (Fsp3) is 0.186. The van der Waals surface area contributed by atoms with Crippen molar-refractivity contribution in [3.63, 3.8) is 0 Å². The van der Waals surface area contributed by atoms with Crippen LogP contribution in [0.5, 0.6) is 23.0 Å². The van der Waals surface area contributed by atoms with Gasteiger partial charge in [-0.3, -0.25) is 53.7 Å². The van der Waals surface area contributed by atoms with Crippen LogP contribution in [0.25, 0.3) is 44.9 Å². The number of anilines is 1. The number of halogens is 1. The van der Waals surface area contributed by atoms with Crippen LogP contribution in [-0.2, 0) is 44.5 Å². The summed E-state index contributed by atoms with van der Waals surface area (Å²) < 4.78 is 33.6. The van der Waals surface area contributed by atoms with Crippen molar-refractivity contribution in [3.8, 4) is 51.3 Å². The average molecular weight is 1720 g/mol. The monoisotopic (exact) mass is 1720 g/mol. The van der Waals surface area contributed by atoms with Gasteiger partial charge in [0.1, 0.15) is 52.0 Å². The molecule has 12 heterocycles. The highest BCUT2D eigenvalue weighted by atomic mass is 35.5. The predicted octanol–water partition coefficient (Wildman–Crippen LogP) is 17.0. The molecule has 6 aromatic carbocycles. The van der Waals surface area contributed by atoms with Gasteiger partial charge in [0.05, 0.1) is 74.7 Å². The lowest BCUT2D eigenvalue weighted by Gasteiger charge is -2.36. The molecular formula is C97H93ClN18O7S2. The molecule has 2 unspecified atom stereocenters. The van der Waals surface area contributed by atoms with Crippen molar-refractivity contribution in [2.75, 3.05) is 59.5 Å². The molecule has 0 bridgehead atoms. The normalized spacial score (nSPS) is 13.6. The number of benzene rings is 6. The number of amidine groups is 1. The Balaban J connectivity index is 0.000000122. The van der Waals surface area contributed by atoms with Gasteiger partial charge >= 0.3 is 0 Å². The van der Waals surface area contributed by atoms with Crippen molar-refractivity contribution in [3.05, 3.63) is 388 Å². The summed E-state index contributed by atoms with van der Waals surface area (Å²) in [6, 6.07) is 65.2. The van der Waals surface area contributed by atoms with Crippen LogP contribution in [0.3, 0.4) is 0 Å². The number of hydrogen-bond acceptors (Lipinski definition) is 23. The van der Waals surface area contributed by atoms with E-state index in [1.54, 1.807) is 144 Å². The van der Waals surface area contributed by atoms with E-state index in [0.29, 0.717) is 33.8 Å². The molecule has 2 atom stereocenters. The summed E-state index contributed by atoms with van der Waals surface area (Å²) in [5.74, 6) is 6.71. The van der Waals surface area contributed by atoms with Crippen LogP contribution in [0.4, 0.5) is 5.69 Å². The fourth-order valence-electron chi connectivity index (χ4n) is 13.5. The molecule has 0 saturated carbocycles. The number of aryl methyl sites for hydroxylation is 3. The average Bonchev–Trinajstić information content (AvgIpc) is 1.56. The van der Waals surface area contributed by atoms with E-state index in [1.807, 2.05) is 167 Å². The minimum absolute atomic E-state index is 0.0273. The van der Waals surface area contributed by atoms with E-state index >= 15 is 0 Å². The molecule has 28 heteroatoms. The van der Waals surface area contributed by atoms with Gasteiger partial charge in [-0.05, 0) is 162 Å². The Labute approximate surface area is 737 Å². The van der Waals surface area contributed by atoms with E-state index in [9.17, 15) is 9.59 Å². The lowest BCUT2D eigenvalue weighted by Crippen LogP contribution is -2.45. The lowest BCUT2D eigenvalue weighted by molar-refractivity contribution is 0.250. The molecule has 125 heavy (non-hydrogen) atoms. The minimum atomic E-state index is -0.128. The van der Waals surface area contributed by atoms with E-state index in [-0.39, 0.29) is 23.1 Å². The first-order valence-electron chi connectivity index (χ1n) is 40.4. The third-order valence-corrected chi connectivity index (χ3v) is 22.7. The van der Waals surface area contributed by atoms with E-state index in [0.717, 1.165) is 136 Å². The largest absolute Gasteiger partial charge is 0.497 e. The highest BCUT2D eigenvalue weighted by Gasteiger charge is 2.29. The zero-order valence-corrected chi connectivity index (χ0v) is 72.3. The fourth-order valence-corrected chi connectivity index (χ4v) is 15.4. The predicted molar refractivity (Wildman–Crippen MR) is 494 cm³/mol. The third kappa shape index (κ3) is 24.6. The van der Waals surface area contributed by atoms with Gasteiger partial charge in [0.15, 0.2) is 16.6 Å². The zero-order chi connectivity index (χ0) is 86.5. The van der Waals surface area contributed by atoms with E-state index < -0.39 is 0 Å². The van der Waals surface area contributed by atoms with Gasteiger partial charge in [0.2, 0.25) is 5.43 Å². The number of imidazole rings is 1. The number of hydrogen-bond donors (Lipinski definition) is 1. The number of piperazine rings is 1. The number of ether oxygens (including phenoxy) is 4. The van der Waals surface area contributed by atoms with Crippen molar-refractivity contribution >= 4 is 63.3 Å². The number of pyridine rings is 4. The second kappa shape index (κ2) is 44.1. The number of aromatic nitrogens is 14. The third-order valence-electron chi connectivity index (χ3n) is 20.4. The molecule has 0 radical (unpaired) electrons. The number of rotatable bonds is 22. The first kappa shape index (κ1) is 87.2. The molecule has 10 aromatic heterocycles. The van der Waals surface area contributed by atoms with Crippen molar-refractivity contribution in [1.82, 2.24) is 78.6 Å². The number of allylic oxidation sites excluding steroid dienone is 2. The van der Waals surface area contributed by atoms with E-state index in [1.165, 1.54) is 44.3 Å². The first-order chi connectivity index (χ1) is 61.3. The Morgan fingerprint density at radius 1 is 0.568 bits per heavy atom. The van der Waals surface area contributed by atoms with Crippen LogP contribution in [-0.4, -0.2) is 146 Å². The standard InChI is InChI=1S/C17H15N3O2.C17H17N3O.C17H21N3O.C16H11ClN2O2.C16H16N4S.C14H13N3OS/c1-22-16-4-2-13(3-5-16)10-14-11-17(21)20(12-19-14)15-6-8-18-9-7-15;1-21-16-4-2-14(3-5-16)8-12-20-13-9-17(19-20)15-6-10-18-11-7-15;1-21-17-4-2-15(3-5-17)14-19-10-12-20(13-11-19)16-6-8-18-9-7-16;17-9-5-6-14-10(7-9)15(20)11(8-21-14)16-18-12-3-1-2-4-13(12)19-16;1-12-3-5-13(6-4-12)11-21-16-19-18-15(20(16)2)14-7-9-17-10-8-14;1-18-12-4-2-11(3-5-12)10-19-14-9-17-7-6-15-8-13(17)16-14/h2-9,11-12H,10H2,1H3;2-7,9-11,13H,8,12H2,1H3;2-9H,10-14H2,1H3;1-8,12-13H,(H,18,19);3-10H,11H2,1-2H3;2-9H,10H2,1H3. The van der Waals surface area contributed by atoms with Crippen LogP contribution in [0.2, 0.25) is 5.02 Å². The Morgan fingerprint density at radius 3 is 1.76 bits per heavy atom. The van der Waals surface area contributed by atoms with Gasteiger partial charge in [-0.25, -0.2) is 9.97 Å². The summed E-state index contributed by atoms with van der Waals surface area (Å²) in [5, 5.41) is 19.3. The van der Waals surface area contributed by atoms with Gasteiger partial charge in [0.25, 0.3) is 5.56 Å². The Kier molecular flexibility index (Phi) is 30.8. The number of fused-ring (bicyclic) bond motifs is 3. The van der Waals surface area contributed by atoms with Gasteiger partial charge in [-0.15, -0.1) is 22.0 Å². The molecule has 2 aliphatic heterocycles. The van der Waals surface area contributed by atoms with Crippen molar-refractivity contribution in [2.24, 2.45) is 12.0 Å². The van der Waals surface area contributed by atoms with Gasteiger partial charge in [-0.2, -0.15) is 5.10 Å². The Morgan fingerprint density at radius 2 is 1.14 bits per heavy atom. The summed E-state index contributed by atoms with van der Waals surface area (Å²) in [5.41, 5.74) is 15.0. The highest BCUT2D eigenvalue weighted by molar-refractivity contribution is 7.98. The molecule has 1 N–H and O–H groups in total. The number of thioether (sulfide) groups is 2. The molecule has 16 aromatic rings. The molecule has 19 rings (SSSR count). The van der Waals surface area contributed by atoms with Gasteiger partial charge < -0.3 is 42.5 Å². The lowest BCUT2D eigenvalue weighted by atomic mass is 10.1. The highest BCUT2D eigenvalue weighted by Crippen LogP contribution is 2.29. The maximum Gasteiger partial charge on any atom is 0.258 e. The topological polar surface area (TPSA) is 263 Å². The van der Waals surface area contributed by atoms with Gasteiger partial charge in [0, 0.05) is 167 Å². The van der Waals surface area contributed by atoms with Gasteiger partial charge in [-0.1, -0.05) is 126 Å². The molecule has 1 fully saturated rings. The zero-order valence-electron chi connectivity index (χ0n) is 69.9. The smallest absolute Gasteiger partial charge is 0.258 e. The molecule has 1 aliphatic carbocycles. The van der Waals surface area contributed by atoms with E-state index in [4.69, 9.17) is 35.0 Å². The van der Waals surface area contributed by atoms with Crippen LogP contribution in [0, 0.1) is 6.92 Å². The number of nitrogens with zero attached hydrogens (tertiary/aromatic N) is 17. The van der Waals surface area contributed by atoms with Crippen LogP contribution < -0.4 is 40.2 Å². The first-order valence-corrected chi connectivity index (χ1v) is 42.7. The summed E-state index contributed by atoms with van der Waals surface area (Å²) in [7, 11) is 8.68. The van der Waals surface area contributed by atoms with Crippen LogP contribution in [0.1, 0.15) is 44.6 Å². The molecule has 0 spiro atoms. The van der Waals surface area contributed by atoms with Crippen molar-refractivity contribution < 1.29 is 23.4 Å². The summed E-state index contributed by atoms with van der Waals surface area (Å²) in [4.78, 5) is 63.3. The van der Waals surface area contributed by atoms with Crippen molar-refractivity contribution in [2.45, 2.75) is 66.6 Å². The number of methoxy groups -OCH3 is 4. The second-order valence-corrected chi connectivity index (χ2v) is 31.3. The van der Waals surface area contributed by atoms with Crippen molar-refractivity contribution in [1.29, 1.82) is 0 Å². The maximum absolute atomic E-state index is 12.6. The molecule has 0 amide bonds. The molecule has 632 valence electrons. The molecule has 25 nitrogen and oxygen atoms in total. The maximum atomic E-state index is 12.6. The quantitative estimate of drug-likeness (QED) is 0.0618. The Hall–Kier alpha value is -14.1. The van der Waals surface area contributed by atoms with E-state index in [2.05, 4.69) is 150 Å². The number of nitrogens with one attached hydrogen (secondary N) is 1. The summed E-state index contributed by atoms with van der Waals surface area (Å²) in [6.07, 6.45) is 36.1. The summed E-state index contributed by atoms with van der Waals surface area (Å²) in [6.45, 7) is 8.29. The molecular weight excluding hydrogens is 1630 g/mol. The molecule has 1 saturated heterocycles. The minimum Gasteiger partial charge on any atom is -0.497 e. The number of aliphatic imine (C=N–C) groups is 1. The SMILES string of the molecule is COc1ccc(CCn2ccc(-c3ccncc3)n2)cc1.COc1ccc(CN2CCN(c3ccncc3)CC2)cc1.COc1ccc(CSc2cn3ccncc3n2)cc1.COc1ccc(Cc2cc(=O)n(-c3ccncc3)cn2)cc1.Cc1ccc(CSc2nnc(-c3ccncc3)n2C)cc1.O=c1c(C2=NC3C=CC=CC3N2)coc2ccc(Cl)cc12. The van der Waals surface area contributed by atoms with Crippen LogP contribution in [0.15, 0.2) is 347 Å². The van der Waals surface area contributed by atoms with Crippen LogP contribution >= 0.6 is 35.1 Å². The Bertz CT molecular complexity index is 6290.